The van der Waals surface area contributed by atoms with Crippen LogP contribution in [-0.4, -0.2) is 40.7 Å². The molecule has 0 atom stereocenters. The maximum atomic E-state index is 4.22. The van der Waals surface area contributed by atoms with Crippen molar-refractivity contribution in [3.05, 3.63) is 30.2 Å². The number of nitrogens with one attached hydrogen (secondary N) is 2. The molecule has 0 fully saturated rings. The molecule has 0 aromatic carbocycles. The Kier molecular flexibility index (Phi) is 8.79. The van der Waals surface area contributed by atoms with E-state index in [0.29, 0.717) is 0 Å². The smallest absolute Gasteiger partial charge is 0.190 e. The number of guanidine groups is 1. The number of unbranched alkanes of at least 4 members (excludes halogenated alkanes) is 2. The van der Waals surface area contributed by atoms with Crippen molar-refractivity contribution in [3.8, 4) is 0 Å². The van der Waals surface area contributed by atoms with E-state index in [0.717, 1.165) is 36.9 Å². The fourth-order valence-electron chi connectivity index (χ4n) is 2.16. The quantitative estimate of drug-likeness (QED) is 0.315. The van der Waals surface area contributed by atoms with Crippen LogP contribution in [-0.2, 0) is 6.42 Å². The first-order chi connectivity index (χ1) is 10.3. The highest BCUT2D eigenvalue weighted by molar-refractivity contribution is 14.0. The fraction of sp³-hybridized carbons (Fsp3) is 0.533. The summed E-state index contributed by atoms with van der Waals surface area (Å²) in [5, 5.41) is 15.0. The lowest BCUT2D eigenvalue weighted by molar-refractivity contribution is 0.680. The lowest BCUT2D eigenvalue weighted by Crippen LogP contribution is -2.38. The van der Waals surface area contributed by atoms with Gasteiger partial charge in [0.25, 0.3) is 0 Å². The molecule has 0 radical (unpaired) electrons. The van der Waals surface area contributed by atoms with E-state index in [4.69, 9.17) is 0 Å². The normalized spacial score (nSPS) is 11.3. The van der Waals surface area contributed by atoms with Gasteiger partial charge >= 0.3 is 0 Å². The van der Waals surface area contributed by atoms with Gasteiger partial charge in [0.15, 0.2) is 11.6 Å². The third kappa shape index (κ3) is 5.43. The third-order valence-corrected chi connectivity index (χ3v) is 3.32. The molecule has 22 heavy (non-hydrogen) atoms. The van der Waals surface area contributed by atoms with Gasteiger partial charge in [-0.2, -0.15) is 0 Å². The van der Waals surface area contributed by atoms with E-state index < -0.39 is 0 Å². The van der Waals surface area contributed by atoms with Crippen molar-refractivity contribution in [1.29, 1.82) is 0 Å². The van der Waals surface area contributed by atoms with Gasteiger partial charge in [-0.15, -0.1) is 34.2 Å². The molecule has 0 aliphatic rings. The molecule has 2 heterocycles. The van der Waals surface area contributed by atoms with Gasteiger partial charge in [-0.25, -0.2) is 0 Å². The van der Waals surface area contributed by atoms with Crippen LogP contribution in [0.4, 0.5) is 0 Å². The van der Waals surface area contributed by atoms with E-state index >= 15 is 0 Å². The zero-order valence-corrected chi connectivity index (χ0v) is 15.6. The molecule has 2 aromatic heterocycles. The van der Waals surface area contributed by atoms with E-state index in [1.807, 2.05) is 28.8 Å². The summed E-state index contributed by atoms with van der Waals surface area (Å²) in [6.07, 6.45) is 6.44. The number of pyridine rings is 1. The molecule has 6 nitrogen and oxygen atoms in total. The van der Waals surface area contributed by atoms with Crippen molar-refractivity contribution in [2.75, 3.05) is 20.1 Å². The van der Waals surface area contributed by atoms with E-state index in [9.17, 15) is 0 Å². The number of fused-ring (bicyclic) bond motifs is 1. The minimum atomic E-state index is 0. The van der Waals surface area contributed by atoms with Gasteiger partial charge in [0.05, 0.1) is 0 Å². The van der Waals surface area contributed by atoms with Crippen LogP contribution in [0, 0.1) is 0 Å². The van der Waals surface area contributed by atoms with Gasteiger partial charge in [0.1, 0.15) is 5.82 Å². The molecule has 0 bridgehead atoms. The molecule has 122 valence electrons. The molecule has 0 spiro atoms. The minimum Gasteiger partial charge on any atom is -0.356 e. The summed E-state index contributed by atoms with van der Waals surface area (Å²) in [5.41, 5.74) is 0.884. The average molecular weight is 416 g/mol. The summed E-state index contributed by atoms with van der Waals surface area (Å²) in [5.74, 6) is 1.81. The summed E-state index contributed by atoms with van der Waals surface area (Å²) in [6, 6.07) is 5.91. The molecular formula is C15H25IN6. The number of nitrogens with zero attached hydrogens (tertiary/aromatic N) is 4. The maximum Gasteiger partial charge on any atom is 0.190 e. The second-order valence-corrected chi connectivity index (χ2v) is 4.93. The Morgan fingerprint density at radius 1 is 1.18 bits per heavy atom. The molecule has 2 rings (SSSR count). The topological polar surface area (TPSA) is 66.6 Å². The molecule has 0 amide bonds. The lowest BCUT2D eigenvalue weighted by Gasteiger charge is -2.11. The van der Waals surface area contributed by atoms with Crippen LogP contribution in [0.1, 0.15) is 32.0 Å². The molecule has 0 unspecified atom stereocenters. The van der Waals surface area contributed by atoms with E-state index in [1.54, 1.807) is 7.05 Å². The Hall–Kier alpha value is -1.38. The molecule has 0 aliphatic carbocycles. The first-order valence-corrected chi connectivity index (χ1v) is 7.58. The first-order valence-electron chi connectivity index (χ1n) is 7.58. The van der Waals surface area contributed by atoms with E-state index in [1.165, 1.54) is 19.3 Å². The molecule has 2 aromatic rings. The zero-order chi connectivity index (χ0) is 14.9. The summed E-state index contributed by atoms with van der Waals surface area (Å²) in [7, 11) is 1.79. The Labute approximate surface area is 148 Å². The second kappa shape index (κ2) is 10.4. The van der Waals surface area contributed by atoms with Gasteiger partial charge in [-0.05, 0) is 18.6 Å². The number of aromatic nitrogens is 3. The highest BCUT2D eigenvalue weighted by Crippen LogP contribution is 2.02. The predicted molar refractivity (Wildman–Crippen MR) is 101 cm³/mol. The maximum absolute atomic E-state index is 4.22. The van der Waals surface area contributed by atoms with Crippen molar-refractivity contribution in [2.45, 2.75) is 32.6 Å². The minimum absolute atomic E-state index is 0. The van der Waals surface area contributed by atoms with Gasteiger partial charge < -0.3 is 10.6 Å². The van der Waals surface area contributed by atoms with Crippen LogP contribution < -0.4 is 10.6 Å². The van der Waals surface area contributed by atoms with Crippen molar-refractivity contribution >= 4 is 35.6 Å². The molecule has 0 saturated carbocycles. The number of hydrogen-bond donors (Lipinski definition) is 2. The van der Waals surface area contributed by atoms with Crippen LogP contribution >= 0.6 is 24.0 Å². The molecule has 0 saturated heterocycles. The van der Waals surface area contributed by atoms with Gasteiger partial charge in [0, 0.05) is 32.8 Å². The van der Waals surface area contributed by atoms with E-state index in [2.05, 4.69) is 32.7 Å². The van der Waals surface area contributed by atoms with Crippen molar-refractivity contribution in [2.24, 2.45) is 4.99 Å². The number of hydrogen-bond acceptors (Lipinski definition) is 3. The van der Waals surface area contributed by atoms with Crippen LogP contribution in [0.3, 0.4) is 0 Å². The summed E-state index contributed by atoms with van der Waals surface area (Å²) >= 11 is 0. The van der Waals surface area contributed by atoms with Crippen LogP contribution in [0.15, 0.2) is 29.4 Å². The number of rotatable bonds is 7. The summed E-state index contributed by atoms with van der Waals surface area (Å²) < 4.78 is 2.01. The third-order valence-electron chi connectivity index (χ3n) is 3.32. The average Bonchev–Trinajstić information content (AvgIpc) is 2.93. The lowest BCUT2D eigenvalue weighted by atomic mass is 10.2. The second-order valence-electron chi connectivity index (χ2n) is 4.93. The van der Waals surface area contributed by atoms with Gasteiger partial charge in [-0.1, -0.05) is 25.8 Å². The number of halogens is 1. The molecule has 2 N–H and O–H groups in total. The highest BCUT2D eigenvalue weighted by atomic mass is 127. The Morgan fingerprint density at radius 2 is 2.00 bits per heavy atom. The summed E-state index contributed by atoms with van der Waals surface area (Å²) in [6.45, 7) is 3.94. The van der Waals surface area contributed by atoms with Gasteiger partial charge in [0.2, 0.25) is 0 Å². The highest BCUT2D eigenvalue weighted by Gasteiger charge is 2.04. The largest absolute Gasteiger partial charge is 0.356 e. The first kappa shape index (κ1) is 18.7. The van der Waals surface area contributed by atoms with Gasteiger partial charge in [-0.3, -0.25) is 9.39 Å². The molecular weight excluding hydrogens is 391 g/mol. The monoisotopic (exact) mass is 416 g/mol. The number of aliphatic imine (C=N–C) groups is 1. The SMILES string of the molecule is CCCCCNC(=NC)NCCc1nnc2ccccn12.I. The fourth-order valence-corrected chi connectivity index (χ4v) is 2.16. The molecule has 0 aliphatic heterocycles. The Morgan fingerprint density at radius 3 is 2.77 bits per heavy atom. The van der Waals surface area contributed by atoms with Crippen molar-refractivity contribution in [3.63, 3.8) is 0 Å². The van der Waals surface area contributed by atoms with Crippen molar-refractivity contribution in [1.82, 2.24) is 25.2 Å². The predicted octanol–water partition coefficient (Wildman–Crippen LogP) is 2.25. The van der Waals surface area contributed by atoms with Crippen LogP contribution in [0.25, 0.3) is 5.65 Å². The molecule has 7 heteroatoms. The zero-order valence-electron chi connectivity index (χ0n) is 13.2. The van der Waals surface area contributed by atoms with E-state index in [-0.39, 0.29) is 24.0 Å². The van der Waals surface area contributed by atoms with Crippen LogP contribution in [0.2, 0.25) is 0 Å². The standard InChI is InChI=1S/C15H24N6.HI/c1-3-4-6-10-17-15(16-2)18-11-9-14-20-19-13-8-5-7-12-21(13)14;/h5,7-8,12H,3-4,6,9-11H2,1-2H3,(H2,16,17,18);1H. The Balaban J connectivity index is 0.00000242. The Bertz CT molecular complexity index is 580. The van der Waals surface area contributed by atoms with Crippen molar-refractivity contribution < 1.29 is 0 Å². The summed E-state index contributed by atoms with van der Waals surface area (Å²) in [4.78, 5) is 4.22. The van der Waals surface area contributed by atoms with Crippen LogP contribution in [0.5, 0.6) is 0 Å².